The van der Waals surface area contributed by atoms with Gasteiger partial charge in [0.2, 0.25) is 0 Å². The number of nitrogens with zero attached hydrogens (tertiary/aromatic N) is 1. The van der Waals surface area contributed by atoms with Gasteiger partial charge in [0.15, 0.2) is 5.78 Å². The summed E-state index contributed by atoms with van der Waals surface area (Å²) in [5.74, 6) is 0.948. The summed E-state index contributed by atoms with van der Waals surface area (Å²) in [5.41, 5.74) is 1.82. The number of furan rings is 1. The molecule has 90 valence electrons. The van der Waals surface area contributed by atoms with Gasteiger partial charge in [0.25, 0.3) is 0 Å². The Morgan fingerprint density at radius 1 is 1.33 bits per heavy atom. The fourth-order valence-corrected chi connectivity index (χ4v) is 2.05. The zero-order valence-corrected chi connectivity index (χ0v) is 10.4. The first-order valence-electron chi connectivity index (χ1n) is 5.70. The van der Waals surface area contributed by atoms with Gasteiger partial charge in [-0.2, -0.15) is 5.26 Å². The van der Waals surface area contributed by atoms with Crippen LogP contribution in [0.25, 0.3) is 0 Å². The molecule has 0 atom stereocenters. The number of carbonyl (C=O) groups excluding carboxylic acids is 1. The first-order valence-corrected chi connectivity index (χ1v) is 5.70. The lowest BCUT2D eigenvalue weighted by Crippen LogP contribution is -1.97. The van der Waals surface area contributed by atoms with Gasteiger partial charge in [0.1, 0.15) is 23.2 Å². The number of hydrogen-bond donors (Lipinski definition) is 0. The molecule has 0 N–H and O–H groups in total. The van der Waals surface area contributed by atoms with Gasteiger partial charge >= 0.3 is 0 Å². The maximum atomic E-state index is 11.5. The molecule has 0 fully saturated rings. The molecule has 3 nitrogen and oxygen atoms in total. The van der Waals surface area contributed by atoms with Crippen molar-refractivity contribution in [3.8, 4) is 6.07 Å². The fourth-order valence-electron chi connectivity index (χ4n) is 2.05. The predicted octanol–water partition coefficient (Wildman–Crippen LogP) is 3.25. The second kappa shape index (κ2) is 4.89. The zero-order valence-electron chi connectivity index (χ0n) is 10.4. The van der Waals surface area contributed by atoms with Gasteiger partial charge in [-0.3, -0.25) is 4.79 Å². The molecule has 0 amide bonds. The summed E-state index contributed by atoms with van der Waals surface area (Å²) >= 11 is 0. The van der Waals surface area contributed by atoms with Crippen molar-refractivity contribution in [1.82, 2.24) is 0 Å². The number of nitriles is 1. The van der Waals surface area contributed by atoms with Crippen molar-refractivity contribution in [2.75, 3.05) is 0 Å². The maximum absolute atomic E-state index is 11.5. The number of ketones is 1. The van der Waals surface area contributed by atoms with Crippen LogP contribution in [0.15, 0.2) is 34.7 Å². The van der Waals surface area contributed by atoms with Crippen LogP contribution in [-0.4, -0.2) is 5.78 Å². The first-order chi connectivity index (χ1) is 8.63. The molecule has 0 saturated carbocycles. The van der Waals surface area contributed by atoms with Crippen LogP contribution in [0.1, 0.15) is 39.9 Å². The topological polar surface area (TPSA) is 54.0 Å². The summed E-state index contributed by atoms with van der Waals surface area (Å²) in [6.45, 7) is 3.16. The number of aryl methyl sites for hydroxylation is 1. The Balaban J connectivity index is 2.44. The van der Waals surface area contributed by atoms with Crippen LogP contribution >= 0.6 is 0 Å². The number of Topliss-reactive ketones (excluding diaryl/α,β-unsaturated/α-hetero) is 1. The molecule has 1 heterocycles. The number of hydrogen-bond acceptors (Lipinski definition) is 3. The molecule has 0 bridgehead atoms. The lowest BCUT2D eigenvalue weighted by molar-refractivity contribution is 0.101. The third-order valence-corrected chi connectivity index (χ3v) is 2.83. The maximum Gasteiger partial charge on any atom is 0.164 e. The highest BCUT2D eigenvalue weighted by molar-refractivity contribution is 5.97. The number of benzene rings is 1. The summed E-state index contributed by atoms with van der Waals surface area (Å²) < 4.78 is 5.56. The van der Waals surface area contributed by atoms with Crippen molar-refractivity contribution in [3.63, 3.8) is 0 Å². The van der Waals surface area contributed by atoms with Gasteiger partial charge in [0.05, 0.1) is 5.56 Å². The molecule has 0 unspecified atom stereocenters. The van der Waals surface area contributed by atoms with Crippen LogP contribution in [0.5, 0.6) is 0 Å². The molecule has 1 aromatic carbocycles. The van der Waals surface area contributed by atoms with Gasteiger partial charge < -0.3 is 4.42 Å². The Hall–Kier alpha value is -2.34. The van der Waals surface area contributed by atoms with Gasteiger partial charge in [-0.25, -0.2) is 0 Å². The van der Waals surface area contributed by atoms with E-state index in [1.807, 2.05) is 30.3 Å². The summed E-state index contributed by atoms with van der Waals surface area (Å²) in [6.07, 6.45) is 0.526. The normalized spacial score (nSPS) is 10.1. The van der Waals surface area contributed by atoms with Crippen LogP contribution < -0.4 is 0 Å². The first kappa shape index (κ1) is 12.1. The smallest absolute Gasteiger partial charge is 0.164 e. The van der Waals surface area contributed by atoms with E-state index >= 15 is 0 Å². The van der Waals surface area contributed by atoms with E-state index in [0.717, 1.165) is 5.56 Å². The predicted molar refractivity (Wildman–Crippen MR) is 67.4 cm³/mol. The Labute approximate surface area is 106 Å². The summed E-state index contributed by atoms with van der Waals surface area (Å²) in [6, 6.07) is 11.8. The van der Waals surface area contributed by atoms with Crippen LogP contribution in [0.3, 0.4) is 0 Å². The molecular formula is C15H13NO2. The van der Waals surface area contributed by atoms with Gasteiger partial charge in [0, 0.05) is 6.42 Å². The largest absolute Gasteiger partial charge is 0.464 e. The van der Waals surface area contributed by atoms with Crippen molar-refractivity contribution in [1.29, 1.82) is 5.26 Å². The summed E-state index contributed by atoms with van der Waals surface area (Å²) in [4.78, 5) is 11.5. The SMILES string of the molecule is CC(=O)c1c(C)oc(Cc2ccccc2)c1C#N. The van der Waals surface area contributed by atoms with Crippen molar-refractivity contribution in [3.05, 3.63) is 58.5 Å². The average Bonchev–Trinajstić information content (AvgIpc) is 2.66. The second-order valence-electron chi connectivity index (χ2n) is 4.16. The molecule has 2 rings (SSSR count). The van der Waals surface area contributed by atoms with Crippen molar-refractivity contribution in [2.24, 2.45) is 0 Å². The molecule has 0 aliphatic heterocycles. The highest BCUT2D eigenvalue weighted by atomic mass is 16.3. The molecule has 1 aromatic heterocycles. The van der Waals surface area contributed by atoms with Crippen molar-refractivity contribution in [2.45, 2.75) is 20.3 Å². The average molecular weight is 239 g/mol. The van der Waals surface area contributed by atoms with Crippen LogP contribution in [0, 0.1) is 18.3 Å². The number of rotatable bonds is 3. The van der Waals surface area contributed by atoms with Gasteiger partial charge in [-0.05, 0) is 19.4 Å². The molecule has 0 saturated heterocycles. The van der Waals surface area contributed by atoms with Crippen molar-refractivity contribution < 1.29 is 9.21 Å². The lowest BCUT2D eigenvalue weighted by atomic mass is 10.0. The van der Waals surface area contributed by atoms with E-state index < -0.39 is 0 Å². The molecule has 18 heavy (non-hydrogen) atoms. The van der Waals surface area contributed by atoms with Gasteiger partial charge in [-0.1, -0.05) is 30.3 Å². The Bertz CT molecular complexity index is 618. The fraction of sp³-hybridized carbons (Fsp3) is 0.200. The highest BCUT2D eigenvalue weighted by Crippen LogP contribution is 2.24. The second-order valence-corrected chi connectivity index (χ2v) is 4.16. The Kier molecular flexibility index (Phi) is 3.29. The Morgan fingerprint density at radius 2 is 2.00 bits per heavy atom. The quantitative estimate of drug-likeness (QED) is 0.772. The summed E-state index contributed by atoms with van der Waals surface area (Å²) in [5, 5.41) is 9.18. The van der Waals surface area contributed by atoms with Crippen molar-refractivity contribution >= 4 is 5.78 Å². The minimum absolute atomic E-state index is 0.132. The molecular weight excluding hydrogens is 226 g/mol. The Morgan fingerprint density at radius 3 is 2.56 bits per heavy atom. The monoisotopic (exact) mass is 239 g/mol. The standard InChI is InChI=1S/C15H13NO2/c1-10(17)15-11(2)18-14(13(15)9-16)8-12-6-4-3-5-7-12/h3-7H,8H2,1-2H3. The summed E-state index contributed by atoms with van der Waals surface area (Å²) in [7, 11) is 0. The van der Waals surface area contributed by atoms with E-state index in [-0.39, 0.29) is 5.78 Å². The van der Waals surface area contributed by atoms with Gasteiger partial charge in [-0.15, -0.1) is 0 Å². The third kappa shape index (κ3) is 2.18. The molecule has 0 spiro atoms. The molecule has 0 aliphatic rings. The van der Waals surface area contributed by atoms with Crippen LogP contribution in [-0.2, 0) is 6.42 Å². The van der Waals surface area contributed by atoms with E-state index in [4.69, 9.17) is 4.42 Å². The number of carbonyl (C=O) groups is 1. The van der Waals surface area contributed by atoms with Crippen LogP contribution in [0.4, 0.5) is 0 Å². The van der Waals surface area contributed by atoms with E-state index in [9.17, 15) is 10.1 Å². The van der Waals surface area contributed by atoms with Crippen LogP contribution in [0.2, 0.25) is 0 Å². The zero-order chi connectivity index (χ0) is 13.1. The minimum atomic E-state index is -0.132. The minimum Gasteiger partial charge on any atom is -0.464 e. The third-order valence-electron chi connectivity index (χ3n) is 2.83. The molecule has 0 radical (unpaired) electrons. The molecule has 0 aliphatic carbocycles. The van der Waals surface area contributed by atoms with E-state index in [2.05, 4.69) is 6.07 Å². The molecule has 2 aromatic rings. The highest BCUT2D eigenvalue weighted by Gasteiger charge is 2.20. The van der Waals surface area contributed by atoms with E-state index in [0.29, 0.717) is 29.1 Å². The van der Waals surface area contributed by atoms with E-state index in [1.165, 1.54) is 6.92 Å². The lowest BCUT2D eigenvalue weighted by Gasteiger charge is -1.98. The molecule has 3 heteroatoms. The van der Waals surface area contributed by atoms with E-state index in [1.54, 1.807) is 6.92 Å².